The van der Waals surface area contributed by atoms with Crippen LogP contribution in [-0.4, -0.2) is 25.0 Å². The number of Topliss-reactive ketones (excluding diaryl/α,β-unsaturated/α-hetero) is 1. The molecule has 3 nitrogen and oxygen atoms in total. The zero-order valence-electron chi connectivity index (χ0n) is 10.5. The number of ether oxygens (including phenoxy) is 1. The number of carbonyl (C=O) groups is 1. The van der Waals surface area contributed by atoms with Gasteiger partial charge >= 0.3 is 0 Å². The van der Waals surface area contributed by atoms with Crippen LogP contribution in [0.1, 0.15) is 26.7 Å². The number of rotatable bonds is 3. The Balaban J connectivity index is 2.04. The zero-order valence-corrected chi connectivity index (χ0v) is 10.5. The van der Waals surface area contributed by atoms with Crippen molar-refractivity contribution in [3.05, 3.63) is 24.3 Å². The molecule has 3 heteroatoms. The maximum Gasteiger partial charge on any atom is 0.152 e. The average molecular weight is 233 g/mol. The van der Waals surface area contributed by atoms with Crippen LogP contribution in [0.3, 0.4) is 0 Å². The molecule has 0 radical (unpaired) electrons. The van der Waals surface area contributed by atoms with Crippen molar-refractivity contribution in [1.82, 2.24) is 0 Å². The third kappa shape index (κ3) is 3.22. The molecule has 1 heterocycles. The first kappa shape index (κ1) is 12.0. The molecule has 0 bridgehead atoms. The molecule has 0 N–H and O–H groups in total. The normalized spacial score (nSPS) is 16.4. The van der Waals surface area contributed by atoms with Gasteiger partial charge in [-0.2, -0.15) is 0 Å². The lowest BCUT2D eigenvalue weighted by molar-refractivity contribution is -0.118. The molecule has 0 amide bonds. The zero-order chi connectivity index (χ0) is 12.3. The maximum absolute atomic E-state index is 11.4. The second kappa shape index (κ2) is 5.21. The highest BCUT2D eigenvalue weighted by Crippen LogP contribution is 2.22. The molecule has 17 heavy (non-hydrogen) atoms. The molecule has 0 aliphatic carbocycles. The number of nitrogens with zero attached hydrogens (tertiary/aromatic N) is 1. The summed E-state index contributed by atoms with van der Waals surface area (Å²) < 4.78 is 5.59. The predicted molar refractivity (Wildman–Crippen MR) is 68.7 cm³/mol. The van der Waals surface area contributed by atoms with E-state index in [1.807, 2.05) is 38.1 Å². The molecule has 1 aliphatic rings. The number of hydrogen-bond donors (Lipinski definition) is 0. The van der Waals surface area contributed by atoms with Crippen molar-refractivity contribution in [2.75, 3.05) is 18.0 Å². The SMILES string of the molecule is CC(C)Oc1ccc(N2CCCC(=O)C2)cc1. The van der Waals surface area contributed by atoms with Gasteiger partial charge in [-0.3, -0.25) is 4.79 Å². The maximum atomic E-state index is 11.4. The van der Waals surface area contributed by atoms with Crippen LogP contribution in [0.25, 0.3) is 0 Å². The molecule has 1 aliphatic heterocycles. The first-order valence-corrected chi connectivity index (χ1v) is 6.18. The minimum Gasteiger partial charge on any atom is -0.491 e. The van der Waals surface area contributed by atoms with E-state index in [9.17, 15) is 4.79 Å². The monoisotopic (exact) mass is 233 g/mol. The lowest BCUT2D eigenvalue weighted by atomic mass is 10.1. The van der Waals surface area contributed by atoms with Gasteiger partial charge in [0.05, 0.1) is 12.6 Å². The summed E-state index contributed by atoms with van der Waals surface area (Å²) in [5, 5.41) is 0. The van der Waals surface area contributed by atoms with Gasteiger partial charge in [0.2, 0.25) is 0 Å². The quantitative estimate of drug-likeness (QED) is 0.803. The van der Waals surface area contributed by atoms with E-state index >= 15 is 0 Å². The van der Waals surface area contributed by atoms with E-state index in [4.69, 9.17) is 4.74 Å². The molecular weight excluding hydrogens is 214 g/mol. The van der Waals surface area contributed by atoms with Crippen LogP contribution < -0.4 is 9.64 Å². The summed E-state index contributed by atoms with van der Waals surface area (Å²) in [4.78, 5) is 13.5. The second-order valence-corrected chi connectivity index (χ2v) is 4.72. The van der Waals surface area contributed by atoms with Gasteiger partial charge in [0.1, 0.15) is 5.75 Å². The van der Waals surface area contributed by atoms with Crippen LogP contribution in [0.5, 0.6) is 5.75 Å². The Bertz CT molecular complexity index is 384. The van der Waals surface area contributed by atoms with Crippen LogP contribution in [0.4, 0.5) is 5.69 Å². The number of benzene rings is 1. The number of hydrogen-bond acceptors (Lipinski definition) is 3. The van der Waals surface area contributed by atoms with Crippen LogP contribution in [-0.2, 0) is 4.79 Å². The van der Waals surface area contributed by atoms with Crippen molar-refractivity contribution in [2.24, 2.45) is 0 Å². The van der Waals surface area contributed by atoms with Crippen molar-refractivity contribution >= 4 is 11.5 Å². The summed E-state index contributed by atoms with van der Waals surface area (Å²) >= 11 is 0. The molecule has 1 aromatic rings. The predicted octanol–water partition coefficient (Wildman–Crippen LogP) is 2.64. The minimum atomic E-state index is 0.192. The van der Waals surface area contributed by atoms with E-state index in [1.54, 1.807) is 0 Å². The smallest absolute Gasteiger partial charge is 0.152 e. The molecule has 92 valence electrons. The average Bonchev–Trinajstić information content (AvgIpc) is 2.29. The van der Waals surface area contributed by atoms with Gasteiger partial charge in [-0.1, -0.05) is 0 Å². The van der Waals surface area contributed by atoms with Crippen LogP contribution in [0.15, 0.2) is 24.3 Å². The fourth-order valence-corrected chi connectivity index (χ4v) is 2.07. The van der Waals surface area contributed by atoms with Crippen molar-refractivity contribution in [2.45, 2.75) is 32.8 Å². The molecule has 0 spiro atoms. The third-order valence-electron chi connectivity index (χ3n) is 2.82. The summed E-state index contributed by atoms with van der Waals surface area (Å²) in [6.45, 7) is 5.54. The number of carbonyl (C=O) groups excluding carboxylic acids is 1. The number of anilines is 1. The summed E-state index contributed by atoms with van der Waals surface area (Å²) in [5.74, 6) is 1.21. The van der Waals surface area contributed by atoms with E-state index < -0.39 is 0 Å². The standard InChI is InChI=1S/C14H19NO2/c1-11(2)17-14-7-5-12(6-8-14)15-9-3-4-13(16)10-15/h5-8,11H,3-4,9-10H2,1-2H3. The number of piperidine rings is 1. The molecule has 0 atom stereocenters. The van der Waals surface area contributed by atoms with Gasteiger partial charge < -0.3 is 9.64 Å². The van der Waals surface area contributed by atoms with Crippen molar-refractivity contribution in [3.63, 3.8) is 0 Å². The fourth-order valence-electron chi connectivity index (χ4n) is 2.07. The molecule has 2 rings (SSSR count). The van der Waals surface area contributed by atoms with E-state index in [0.717, 1.165) is 30.8 Å². The topological polar surface area (TPSA) is 29.5 Å². The molecular formula is C14H19NO2. The first-order valence-electron chi connectivity index (χ1n) is 6.18. The second-order valence-electron chi connectivity index (χ2n) is 4.72. The Labute approximate surface area is 102 Å². The molecule has 1 saturated heterocycles. The Kier molecular flexibility index (Phi) is 3.67. The van der Waals surface area contributed by atoms with Crippen LogP contribution in [0.2, 0.25) is 0 Å². The summed E-state index contributed by atoms with van der Waals surface area (Å²) in [6.07, 6.45) is 1.88. The molecule has 0 aromatic heterocycles. The molecule has 0 saturated carbocycles. The fraction of sp³-hybridized carbons (Fsp3) is 0.500. The van der Waals surface area contributed by atoms with Crippen molar-refractivity contribution in [1.29, 1.82) is 0 Å². The van der Waals surface area contributed by atoms with Crippen LogP contribution >= 0.6 is 0 Å². The summed E-state index contributed by atoms with van der Waals surface area (Å²) in [6, 6.07) is 7.98. The molecule has 1 fully saturated rings. The highest BCUT2D eigenvalue weighted by Gasteiger charge is 2.16. The van der Waals surface area contributed by atoms with Crippen molar-refractivity contribution in [3.8, 4) is 5.75 Å². The lowest BCUT2D eigenvalue weighted by Crippen LogP contribution is -2.35. The van der Waals surface area contributed by atoms with Gasteiger partial charge in [-0.25, -0.2) is 0 Å². The highest BCUT2D eigenvalue weighted by atomic mass is 16.5. The van der Waals surface area contributed by atoms with E-state index in [1.165, 1.54) is 0 Å². The van der Waals surface area contributed by atoms with E-state index in [-0.39, 0.29) is 6.10 Å². The Morgan fingerprint density at radius 1 is 1.24 bits per heavy atom. The van der Waals surface area contributed by atoms with Gasteiger partial charge in [-0.15, -0.1) is 0 Å². The summed E-state index contributed by atoms with van der Waals surface area (Å²) in [7, 11) is 0. The van der Waals surface area contributed by atoms with Gasteiger partial charge in [0.25, 0.3) is 0 Å². The highest BCUT2D eigenvalue weighted by molar-refractivity contribution is 5.84. The molecule has 0 unspecified atom stereocenters. The van der Waals surface area contributed by atoms with Crippen LogP contribution in [0, 0.1) is 0 Å². The van der Waals surface area contributed by atoms with E-state index in [0.29, 0.717) is 12.3 Å². The minimum absolute atomic E-state index is 0.192. The number of ketones is 1. The van der Waals surface area contributed by atoms with E-state index in [2.05, 4.69) is 4.90 Å². The Morgan fingerprint density at radius 3 is 2.53 bits per heavy atom. The van der Waals surface area contributed by atoms with Gasteiger partial charge in [0.15, 0.2) is 5.78 Å². The Morgan fingerprint density at radius 2 is 1.94 bits per heavy atom. The largest absolute Gasteiger partial charge is 0.491 e. The van der Waals surface area contributed by atoms with Gasteiger partial charge in [0, 0.05) is 18.7 Å². The Hall–Kier alpha value is -1.51. The first-order chi connectivity index (χ1) is 8.15. The molecule has 1 aromatic carbocycles. The summed E-state index contributed by atoms with van der Waals surface area (Å²) in [5.41, 5.74) is 1.11. The van der Waals surface area contributed by atoms with Crippen molar-refractivity contribution < 1.29 is 9.53 Å². The van der Waals surface area contributed by atoms with Gasteiger partial charge in [-0.05, 0) is 44.5 Å². The third-order valence-corrected chi connectivity index (χ3v) is 2.82. The lowest BCUT2D eigenvalue weighted by Gasteiger charge is -2.28.